The molecule has 11 heteroatoms. The Hall–Kier alpha value is -2.43. The number of amides is 1. The van der Waals surface area contributed by atoms with Gasteiger partial charge in [0.25, 0.3) is 0 Å². The van der Waals surface area contributed by atoms with Crippen LogP contribution in [0.25, 0.3) is 0 Å². The van der Waals surface area contributed by atoms with Gasteiger partial charge in [0.1, 0.15) is 17.4 Å². The monoisotopic (exact) mass is 427 g/mol. The first-order valence-electron chi connectivity index (χ1n) is 7.62. The smallest absolute Gasteiger partial charge is 0.233 e. The van der Waals surface area contributed by atoms with Crippen LogP contribution in [-0.2, 0) is 21.3 Å². The molecule has 1 amide bonds. The molecule has 0 fully saturated rings. The van der Waals surface area contributed by atoms with Crippen LogP contribution in [0.4, 0.5) is 30.7 Å². The van der Waals surface area contributed by atoms with Crippen molar-refractivity contribution in [3.8, 4) is 0 Å². The van der Waals surface area contributed by atoms with Crippen molar-refractivity contribution >= 4 is 16.7 Å². The van der Waals surface area contributed by atoms with Gasteiger partial charge in [0.2, 0.25) is 11.7 Å². The summed E-state index contributed by atoms with van der Waals surface area (Å²) in [6.45, 7) is 1.35. The molecule has 0 saturated carbocycles. The van der Waals surface area contributed by atoms with Crippen molar-refractivity contribution in [1.29, 1.82) is 0 Å². The molecule has 0 aliphatic heterocycles. The second-order valence-electron chi connectivity index (χ2n) is 5.73. The zero-order valence-electron chi connectivity index (χ0n) is 14.1. The van der Waals surface area contributed by atoms with Crippen molar-refractivity contribution in [2.45, 2.75) is 18.7 Å². The van der Waals surface area contributed by atoms with E-state index in [1.54, 1.807) is 0 Å². The Morgan fingerprint density at radius 1 is 0.964 bits per heavy atom. The highest BCUT2D eigenvalue weighted by Crippen LogP contribution is 2.24. The lowest BCUT2D eigenvalue weighted by atomic mass is 10.1. The predicted octanol–water partition coefficient (Wildman–Crippen LogP) is 3.79. The van der Waals surface area contributed by atoms with Crippen LogP contribution in [0.3, 0.4) is 0 Å². The van der Waals surface area contributed by atoms with Crippen LogP contribution in [0, 0.1) is 40.7 Å². The van der Waals surface area contributed by atoms with Gasteiger partial charge in [0.05, 0.1) is 11.8 Å². The Morgan fingerprint density at radius 3 is 2.04 bits per heavy atom. The Bertz CT molecular complexity index is 923. The van der Waals surface area contributed by atoms with E-state index in [-0.39, 0.29) is 5.56 Å². The minimum atomic E-state index is -2.35. The number of halogens is 7. The minimum absolute atomic E-state index is 0.0692. The van der Waals surface area contributed by atoms with E-state index in [0.717, 1.165) is 12.1 Å². The van der Waals surface area contributed by atoms with Crippen LogP contribution in [0.2, 0.25) is 0 Å². The Balaban J connectivity index is 2.07. The molecule has 0 saturated heterocycles. The van der Waals surface area contributed by atoms with Crippen LogP contribution in [0.5, 0.6) is 0 Å². The van der Waals surface area contributed by atoms with E-state index in [1.807, 2.05) is 0 Å². The zero-order valence-corrected chi connectivity index (χ0v) is 14.9. The van der Waals surface area contributed by atoms with Gasteiger partial charge in [0.15, 0.2) is 23.3 Å². The maximum absolute atomic E-state index is 13.7. The molecule has 0 bridgehead atoms. The molecular weight excluding hydrogens is 415 g/mol. The third kappa shape index (κ3) is 4.70. The molecule has 2 aromatic rings. The maximum atomic E-state index is 13.7. The Morgan fingerprint density at radius 2 is 1.50 bits per heavy atom. The van der Waals surface area contributed by atoms with Crippen molar-refractivity contribution < 1.29 is 39.7 Å². The number of hydrogen-bond donors (Lipinski definition) is 1. The molecule has 28 heavy (non-hydrogen) atoms. The largest absolute Gasteiger partial charge is 0.349 e. The van der Waals surface area contributed by atoms with E-state index in [4.69, 9.17) is 0 Å². The fraction of sp³-hybridized carbons (Fsp3) is 0.235. The van der Waals surface area contributed by atoms with Gasteiger partial charge >= 0.3 is 0 Å². The van der Waals surface area contributed by atoms with Gasteiger partial charge in [-0.25, -0.2) is 30.7 Å². The summed E-state index contributed by atoms with van der Waals surface area (Å²) < 4.78 is 105. The molecule has 1 N–H and O–H groups in total. The van der Waals surface area contributed by atoms with Crippen LogP contribution in [0.1, 0.15) is 24.1 Å². The SMILES string of the molecule is C[C@H](NC(=O)C[S@@](=O)Cc1c(F)c(F)c(F)c(F)c1F)c1ccc(F)cc1F. The van der Waals surface area contributed by atoms with E-state index in [9.17, 15) is 39.7 Å². The number of carbonyl (C=O) groups excluding carboxylic acids is 1. The van der Waals surface area contributed by atoms with E-state index < -0.39 is 80.5 Å². The Kier molecular flexibility index (Phi) is 6.81. The van der Waals surface area contributed by atoms with E-state index >= 15 is 0 Å². The molecule has 0 aromatic heterocycles. The molecule has 2 aromatic carbocycles. The predicted molar refractivity (Wildman–Crippen MR) is 85.9 cm³/mol. The lowest BCUT2D eigenvalue weighted by Crippen LogP contribution is -2.31. The number of rotatable bonds is 6. The minimum Gasteiger partial charge on any atom is -0.349 e. The maximum Gasteiger partial charge on any atom is 0.233 e. The first-order valence-corrected chi connectivity index (χ1v) is 9.11. The third-order valence-corrected chi connectivity index (χ3v) is 4.90. The third-order valence-electron chi connectivity index (χ3n) is 3.70. The Labute approximate surface area is 157 Å². The molecule has 2 atom stereocenters. The number of benzene rings is 2. The zero-order chi connectivity index (χ0) is 21.2. The van der Waals surface area contributed by atoms with E-state index in [2.05, 4.69) is 5.32 Å². The van der Waals surface area contributed by atoms with Gasteiger partial charge in [-0.2, -0.15) is 0 Å². The summed E-state index contributed by atoms with van der Waals surface area (Å²) in [6.07, 6.45) is 0. The highest BCUT2D eigenvalue weighted by atomic mass is 32.2. The number of nitrogens with one attached hydrogen (secondary N) is 1. The molecule has 0 aliphatic rings. The highest BCUT2D eigenvalue weighted by molar-refractivity contribution is 7.84. The highest BCUT2D eigenvalue weighted by Gasteiger charge is 2.27. The molecule has 0 aliphatic carbocycles. The van der Waals surface area contributed by atoms with E-state index in [0.29, 0.717) is 6.07 Å². The van der Waals surface area contributed by atoms with Crippen LogP contribution in [-0.4, -0.2) is 15.9 Å². The van der Waals surface area contributed by atoms with Gasteiger partial charge in [-0.1, -0.05) is 6.07 Å². The van der Waals surface area contributed by atoms with Crippen molar-refractivity contribution in [1.82, 2.24) is 5.32 Å². The van der Waals surface area contributed by atoms with Gasteiger partial charge in [-0.05, 0) is 13.0 Å². The lowest BCUT2D eigenvalue weighted by Gasteiger charge is -2.15. The molecule has 0 heterocycles. The standard InChI is InChI=1S/C17H12F7NO2S/c1-7(9-3-2-8(18)4-11(9)19)25-12(26)6-28(27)5-10-13(20)15(22)17(24)16(23)14(10)21/h2-4,7H,5-6H2,1H3,(H,25,26)/t7-,28-/m0/s1. The van der Waals surface area contributed by atoms with Crippen LogP contribution < -0.4 is 5.32 Å². The second kappa shape index (κ2) is 8.72. The average Bonchev–Trinajstić information content (AvgIpc) is 2.61. The van der Waals surface area contributed by atoms with Crippen molar-refractivity contribution in [2.75, 3.05) is 5.75 Å². The van der Waals surface area contributed by atoms with Crippen molar-refractivity contribution in [3.05, 3.63) is 70.0 Å². The first-order chi connectivity index (χ1) is 13.0. The fourth-order valence-corrected chi connectivity index (χ4v) is 3.40. The summed E-state index contributed by atoms with van der Waals surface area (Å²) in [6, 6.07) is 1.68. The van der Waals surface area contributed by atoms with Gasteiger partial charge in [-0.3, -0.25) is 9.00 Å². The van der Waals surface area contributed by atoms with E-state index in [1.165, 1.54) is 6.92 Å². The van der Waals surface area contributed by atoms with Gasteiger partial charge in [-0.15, -0.1) is 0 Å². The van der Waals surface area contributed by atoms with Gasteiger partial charge < -0.3 is 5.32 Å². The lowest BCUT2D eigenvalue weighted by molar-refractivity contribution is -0.119. The molecule has 152 valence electrons. The van der Waals surface area contributed by atoms with Crippen molar-refractivity contribution in [2.24, 2.45) is 0 Å². The molecule has 3 nitrogen and oxygen atoms in total. The van der Waals surface area contributed by atoms with Crippen molar-refractivity contribution in [3.63, 3.8) is 0 Å². The molecule has 0 spiro atoms. The normalized spacial score (nSPS) is 13.3. The first kappa shape index (κ1) is 21.9. The molecule has 0 unspecified atom stereocenters. The molecular formula is C17H12F7NO2S. The summed E-state index contributed by atoms with van der Waals surface area (Å²) in [7, 11) is -2.33. The summed E-state index contributed by atoms with van der Waals surface area (Å²) in [5.74, 6) is -15.6. The summed E-state index contributed by atoms with van der Waals surface area (Å²) in [4.78, 5) is 11.9. The number of hydrogen-bond acceptors (Lipinski definition) is 2. The molecule has 2 rings (SSSR count). The quantitative estimate of drug-likeness (QED) is 0.433. The van der Waals surface area contributed by atoms with Crippen LogP contribution >= 0.6 is 0 Å². The summed E-state index contributed by atoms with van der Waals surface area (Å²) in [5, 5.41) is 2.24. The average molecular weight is 427 g/mol. The second-order valence-corrected chi connectivity index (χ2v) is 7.19. The number of carbonyl (C=O) groups is 1. The summed E-state index contributed by atoms with van der Waals surface area (Å²) >= 11 is 0. The fourth-order valence-electron chi connectivity index (χ4n) is 2.35. The molecule has 0 radical (unpaired) electrons. The summed E-state index contributed by atoms with van der Waals surface area (Å²) in [5.41, 5.74) is -1.37. The van der Waals surface area contributed by atoms with Crippen LogP contribution in [0.15, 0.2) is 18.2 Å². The topological polar surface area (TPSA) is 46.2 Å². The van der Waals surface area contributed by atoms with Gasteiger partial charge in [0, 0.05) is 28.0 Å².